The first-order valence-corrected chi connectivity index (χ1v) is 15.5. The van der Waals surface area contributed by atoms with Crippen LogP contribution in [0.15, 0.2) is 77.7 Å². The highest BCUT2D eigenvalue weighted by Gasteiger charge is 2.34. The molecule has 0 unspecified atom stereocenters. The van der Waals surface area contributed by atoms with E-state index < -0.39 is 28.5 Å². The summed E-state index contributed by atoms with van der Waals surface area (Å²) in [5, 5.41) is 3.61. The third-order valence-electron chi connectivity index (χ3n) is 6.68. The Morgan fingerprint density at radius 2 is 1.63 bits per heavy atom. The van der Waals surface area contributed by atoms with E-state index in [1.165, 1.54) is 24.1 Å². The number of carbonyl (C=O) groups is 2. The van der Waals surface area contributed by atoms with Gasteiger partial charge in [0.25, 0.3) is 10.0 Å². The summed E-state index contributed by atoms with van der Waals surface area (Å²) in [5.74, 6) is -0.464. The van der Waals surface area contributed by atoms with E-state index in [4.69, 9.17) is 27.9 Å². The number of nitrogens with zero attached hydrogens (tertiary/aromatic N) is 2. The number of hydrogen-bond acceptors (Lipinski definition) is 5. The van der Waals surface area contributed by atoms with Gasteiger partial charge in [0.05, 0.1) is 27.7 Å². The predicted octanol–water partition coefficient (Wildman–Crippen LogP) is 5.92. The van der Waals surface area contributed by atoms with Crippen LogP contribution >= 0.6 is 23.2 Å². The Kier molecular flexibility index (Phi) is 11.5. The van der Waals surface area contributed by atoms with Crippen molar-refractivity contribution in [3.63, 3.8) is 0 Å². The van der Waals surface area contributed by atoms with E-state index in [0.717, 1.165) is 4.31 Å². The lowest BCUT2D eigenvalue weighted by Crippen LogP contribution is -2.53. The lowest BCUT2D eigenvalue weighted by Gasteiger charge is -2.33. The van der Waals surface area contributed by atoms with E-state index in [-0.39, 0.29) is 29.1 Å². The normalized spacial score (nSPS) is 12.7. The van der Waals surface area contributed by atoms with Gasteiger partial charge in [0.2, 0.25) is 11.8 Å². The minimum Gasteiger partial charge on any atom is -0.497 e. The predicted molar refractivity (Wildman–Crippen MR) is 163 cm³/mol. The molecule has 0 radical (unpaired) electrons. The van der Waals surface area contributed by atoms with Crippen molar-refractivity contribution in [2.45, 2.75) is 57.1 Å². The van der Waals surface area contributed by atoms with E-state index >= 15 is 0 Å². The van der Waals surface area contributed by atoms with Gasteiger partial charge in [-0.3, -0.25) is 13.9 Å². The first-order chi connectivity index (χ1) is 19.5. The van der Waals surface area contributed by atoms with E-state index in [0.29, 0.717) is 34.2 Å². The van der Waals surface area contributed by atoms with Crippen molar-refractivity contribution in [2.75, 3.05) is 18.0 Å². The van der Waals surface area contributed by atoms with Crippen molar-refractivity contribution in [1.29, 1.82) is 0 Å². The van der Waals surface area contributed by atoms with Gasteiger partial charge in [0.15, 0.2) is 0 Å². The highest BCUT2D eigenvalue weighted by atomic mass is 35.5. The Hall–Kier alpha value is -3.27. The molecule has 0 aliphatic heterocycles. The molecule has 3 aromatic rings. The number of sulfonamides is 1. The smallest absolute Gasteiger partial charge is 0.264 e. The van der Waals surface area contributed by atoms with Crippen molar-refractivity contribution in [3.8, 4) is 5.75 Å². The molecule has 0 aliphatic carbocycles. The summed E-state index contributed by atoms with van der Waals surface area (Å²) in [5.41, 5.74) is 0.884. The number of hydrogen-bond donors (Lipinski definition) is 1. The monoisotopic (exact) mass is 619 g/mol. The molecule has 2 atom stereocenters. The van der Waals surface area contributed by atoms with Crippen LogP contribution in [0.3, 0.4) is 0 Å². The SMILES string of the molecule is CC[C@H](C)NC(=O)[C@H](CC)N(Cc1ccc(Cl)c(Cl)c1)C(=O)CN(c1cccc(OC)c1)S(=O)(=O)c1ccccc1. The minimum absolute atomic E-state index is 0.0134. The molecular formula is C30H35Cl2N3O5S. The molecule has 3 rings (SSSR count). The van der Waals surface area contributed by atoms with Crippen LogP contribution in [0.25, 0.3) is 0 Å². The fourth-order valence-electron chi connectivity index (χ4n) is 4.21. The van der Waals surface area contributed by atoms with Crippen LogP contribution in [0.4, 0.5) is 5.69 Å². The second-order valence-corrected chi connectivity index (χ2v) is 12.2. The Morgan fingerprint density at radius 1 is 0.927 bits per heavy atom. The van der Waals surface area contributed by atoms with Crippen LogP contribution in [0, 0.1) is 0 Å². The summed E-state index contributed by atoms with van der Waals surface area (Å²) >= 11 is 12.3. The third-order valence-corrected chi connectivity index (χ3v) is 9.20. The summed E-state index contributed by atoms with van der Waals surface area (Å²) in [7, 11) is -2.70. The number of methoxy groups -OCH3 is 1. The van der Waals surface area contributed by atoms with Gasteiger partial charge >= 0.3 is 0 Å². The second kappa shape index (κ2) is 14.6. The molecule has 0 aromatic heterocycles. The van der Waals surface area contributed by atoms with Gasteiger partial charge in [0.1, 0.15) is 18.3 Å². The van der Waals surface area contributed by atoms with E-state index in [2.05, 4.69) is 5.32 Å². The van der Waals surface area contributed by atoms with E-state index in [1.807, 2.05) is 13.8 Å². The zero-order chi connectivity index (χ0) is 30.2. The molecule has 0 saturated heterocycles. The molecule has 11 heteroatoms. The summed E-state index contributed by atoms with van der Waals surface area (Å²) in [4.78, 5) is 28.9. The molecule has 1 N–H and O–H groups in total. The Labute approximate surface area is 252 Å². The van der Waals surface area contributed by atoms with Crippen molar-refractivity contribution in [2.24, 2.45) is 0 Å². The Bertz CT molecular complexity index is 1450. The van der Waals surface area contributed by atoms with E-state index in [9.17, 15) is 18.0 Å². The molecular weight excluding hydrogens is 585 g/mol. The third kappa shape index (κ3) is 8.15. The molecule has 8 nitrogen and oxygen atoms in total. The zero-order valence-corrected chi connectivity index (χ0v) is 25.8. The summed E-state index contributed by atoms with van der Waals surface area (Å²) < 4.78 is 34.1. The van der Waals surface area contributed by atoms with E-state index in [1.54, 1.807) is 67.6 Å². The molecule has 0 spiro atoms. The fourth-order valence-corrected chi connectivity index (χ4v) is 5.96. The summed E-state index contributed by atoms with van der Waals surface area (Å²) in [6.07, 6.45) is 1.02. The van der Waals surface area contributed by atoms with Crippen LogP contribution in [0.1, 0.15) is 39.2 Å². The van der Waals surface area contributed by atoms with Gasteiger partial charge in [-0.25, -0.2) is 8.42 Å². The molecule has 2 amide bonds. The maximum absolute atomic E-state index is 14.1. The van der Waals surface area contributed by atoms with Gasteiger partial charge in [0, 0.05) is 18.7 Å². The zero-order valence-electron chi connectivity index (χ0n) is 23.5. The molecule has 0 saturated carbocycles. The number of carbonyl (C=O) groups excluding carboxylic acids is 2. The minimum atomic E-state index is -4.18. The standard InChI is InChI=1S/C30H35Cl2N3O5S/c1-5-21(3)33-30(37)28(6-2)34(19-22-15-16-26(31)27(32)17-22)29(36)20-35(23-11-10-12-24(18-23)40-4)41(38,39)25-13-8-7-9-14-25/h7-18,21,28H,5-6,19-20H2,1-4H3,(H,33,37)/t21-,28-/m0/s1. The average Bonchev–Trinajstić information content (AvgIpc) is 2.97. The van der Waals surface area contributed by atoms with Gasteiger partial charge in [-0.15, -0.1) is 0 Å². The molecule has 0 bridgehead atoms. The van der Waals surface area contributed by atoms with Gasteiger partial charge in [-0.2, -0.15) is 0 Å². The number of halogens is 2. The van der Waals surface area contributed by atoms with Crippen LogP contribution < -0.4 is 14.4 Å². The van der Waals surface area contributed by atoms with Crippen molar-refractivity contribution in [3.05, 3.63) is 88.4 Å². The molecule has 0 fully saturated rings. The lowest BCUT2D eigenvalue weighted by atomic mass is 10.1. The summed E-state index contributed by atoms with van der Waals surface area (Å²) in [6, 6.07) is 18.3. The van der Waals surface area contributed by atoms with Crippen molar-refractivity contribution < 1.29 is 22.7 Å². The average molecular weight is 621 g/mol. The van der Waals surface area contributed by atoms with Crippen LogP contribution in [0.2, 0.25) is 10.0 Å². The van der Waals surface area contributed by atoms with Crippen molar-refractivity contribution >= 4 is 50.7 Å². The molecule has 3 aromatic carbocycles. The van der Waals surface area contributed by atoms with Gasteiger partial charge in [-0.1, -0.05) is 67.4 Å². The Morgan fingerprint density at radius 3 is 2.24 bits per heavy atom. The maximum Gasteiger partial charge on any atom is 0.264 e. The number of rotatable bonds is 13. The largest absolute Gasteiger partial charge is 0.497 e. The van der Waals surface area contributed by atoms with Gasteiger partial charge < -0.3 is 15.0 Å². The van der Waals surface area contributed by atoms with Crippen molar-refractivity contribution in [1.82, 2.24) is 10.2 Å². The molecule has 0 aliphatic rings. The van der Waals surface area contributed by atoms with Crippen LogP contribution in [0.5, 0.6) is 5.75 Å². The highest BCUT2D eigenvalue weighted by molar-refractivity contribution is 7.92. The fraction of sp³-hybridized carbons (Fsp3) is 0.333. The topological polar surface area (TPSA) is 96.0 Å². The molecule has 41 heavy (non-hydrogen) atoms. The molecule has 220 valence electrons. The lowest BCUT2D eigenvalue weighted by molar-refractivity contribution is -0.140. The second-order valence-electron chi connectivity index (χ2n) is 9.54. The number of amides is 2. The van der Waals surface area contributed by atoms with Gasteiger partial charge in [-0.05, 0) is 61.7 Å². The summed E-state index contributed by atoms with van der Waals surface area (Å²) in [6.45, 7) is 5.09. The number of nitrogens with one attached hydrogen (secondary N) is 1. The first-order valence-electron chi connectivity index (χ1n) is 13.3. The first kappa shape index (κ1) is 32.2. The van der Waals surface area contributed by atoms with Crippen LogP contribution in [-0.2, 0) is 26.2 Å². The quantitative estimate of drug-likeness (QED) is 0.256. The molecule has 0 heterocycles. The Balaban J connectivity index is 2.08. The number of benzene rings is 3. The maximum atomic E-state index is 14.1. The highest BCUT2D eigenvalue weighted by Crippen LogP contribution is 2.28. The van der Waals surface area contributed by atoms with Crippen LogP contribution in [-0.4, -0.2) is 50.9 Å². The number of anilines is 1. The number of ether oxygens (including phenoxy) is 1.